The van der Waals surface area contributed by atoms with E-state index < -0.39 is 15.7 Å². The highest BCUT2D eigenvalue weighted by Gasteiger charge is 2.18. The van der Waals surface area contributed by atoms with Crippen LogP contribution in [-0.2, 0) is 16.4 Å². The molecule has 7 nitrogen and oxygen atoms in total. The first-order chi connectivity index (χ1) is 14.4. The van der Waals surface area contributed by atoms with Crippen molar-refractivity contribution in [3.63, 3.8) is 0 Å². The Labute approximate surface area is 177 Å². The summed E-state index contributed by atoms with van der Waals surface area (Å²) in [6.45, 7) is 2.71. The topological polar surface area (TPSA) is 87.0 Å². The predicted octanol–water partition coefficient (Wildman–Crippen LogP) is 2.64. The lowest BCUT2D eigenvalue weighted by Gasteiger charge is -2.18. The third-order valence-corrected chi connectivity index (χ3v) is 7.39. The fourth-order valence-electron chi connectivity index (χ4n) is 3.08. The van der Waals surface area contributed by atoms with E-state index >= 15 is 0 Å². The summed E-state index contributed by atoms with van der Waals surface area (Å²) < 4.78 is 38.1. The highest BCUT2D eigenvalue weighted by molar-refractivity contribution is 7.91. The number of carbonyl (C=O) groups excluding carboxylic acids is 1. The van der Waals surface area contributed by atoms with Crippen LogP contribution in [0.1, 0.15) is 17.3 Å². The number of ether oxygens (including phenoxy) is 2. The fraction of sp³-hybridized carbons (Fsp3) is 0.238. The summed E-state index contributed by atoms with van der Waals surface area (Å²) >= 11 is 1.30. The Bertz CT molecular complexity index is 1360. The van der Waals surface area contributed by atoms with Crippen LogP contribution in [0, 0.1) is 12.3 Å². The van der Waals surface area contributed by atoms with Crippen LogP contribution in [0.5, 0.6) is 11.5 Å². The number of thiazole rings is 1. The number of nitrogens with zero attached hydrogens (tertiary/aromatic N) is 2. The van der Waals surface area contributed by atoms with E-state index in [0.717, 1.165) is 10.2 Å². The molecule has 0 saturated carbocycles. The van der Waals surface area contributed by atoms with Gasteiger partial charge in [-0.3, -0.25) is 4.79 Å². The van der Waals surface area contributed by atoms with E-state index in [1.807, 2.05) is 12.1 Å². The minimum atomic E-state index is -3.42. The summed E-state index contributed by atoms with van der Waals surface area (Å²) in [6.07, 6.45) is 5.53. The van der Waals surface area contributed by atoms with Crippen molar-refractivity contribution in [1.29, 1.82) is 0 Å². The summed E-state index contributed by atoms with van der Waals surface area (Å²) in [4.78, 5) is 17.5. The molecule has 1 aliphatic heterocycles. The number of hydrogen-bond acceptors (Lipinski definition) is 6. The minimum Gasteiger partial charge on any atom is -0.486 e. The smallest absolute Gasteiger partial charge is 0.279 e. The molecular weight excluding hydrogens is 424 g/mol. The Kier molecular flexibility index (Phi) is 5.37. The lowest BCUT2D eigenvalue weighted by Crippen LogP contribution is -2.17. The van der Waals surface area contributed by atoms with Crippen LogP contribution < -0.4 is 14.3 Å². The second-order valence-electron chi connectivity index (χ2n) is 6.49. The van der Waals surface area contributed by atoms with Gasteiger partial charge < -0.3 is 14.0 Å². The average Bonchev–Trinajstić information content (AvgIpc) is 3.08. The molecule has 2 aromatic carbocycles. The zero-order chi connectivity index (χ0) is 21.3. The highest BCUT2D eigenvalue weighted by Crippen LogP contribution is 2.35. The van der Waals surface area contributed by atoms with E-state index in [1.165, 1.54) is 29.5 Å². The molecular formula is C21H18N2O5S2. The molecule has 0 N–H and O–H groups in total. The molecule has 4 rings (SSSR count). The van der Waals surface area contributed by atoms with Gasteiger partial charge in [-0.1, -0.05) is 30.2 Å². The maximum Gasteiger partial charge on any atom is 0.279 e. The Morgan fingerprint density at radius 1 is 1.23 bits per heavy atom. The van der Waals surface area contributed by atoms with Crippen molar-refractivity contribution in [2.24, 2.45) is 4.99 Å². The second-order valence-corrected chi connectivity index (χ2v) is 9.77. The first-order valence-electron chi connectivity index (χ1n) is 9.21. The molecule has 1 aromatic heterocycles. The van der Waals surface area contributed by atoms with Gasteiger partial charge in [-0.05, 0) is 18.2 Å². The van der Waals surface area contributed by atoms with Gasteiger partial charge in [0.25, 0.3) is 5.91 Å². The van der Waals surface area contributed by atoms with Crippen LogP contribution in [0.3, 0.4) is 0 Å². The number of terminal acetylenes is 1. The molecule has 0 radical (unpaired) electrons. The van der Waals surface area contributed by atoms with E-state index in [0.29, 0.717) is 29.5 Å². The number of rotatable bonds is 4. The monoisotopic (exact) mass is 442 g/mol. The Morgan fingerprint density at radius 3 is 2.67 bits per heavy atom. The number of benzene rings is 2. The van der Waals surface area contributed by atoms with Gasteiger partial charge in [0.1, 0.15) is 13.2 Å². The Balaban J connectivity index is 1.82. The molecule has 0 bridgehead atoms. The first kappa shape index (κ1) is 20.2. The summed E-state index contributed by atoms with van der Waals surface area (Å²) in [5.74, 6) is 3.24. The molecule has 0 unspecified atom stereocenters. The van der Waals surface area contributed by atoms with Crippen LogP contribution in [0.4, 0.5) is 0 Å². The van der Waals surface area contributed by atoms with Gasteiger partial charge >= 0.3 is 0 Å². The summed E-state index contributed by atoms with van der Waals surface area (Å²) in [7, 11) is -3.42. The van der Waals surface area contributed by atoms with Crippen molar-refractivity contribution in [3.05, 3.63) is 46.8 Å². The van der Waals surface area contributed by atoms with Crippen molar-refractivity contribution >= 4 is 37.3 Å². The average molecular weight is 443 g/mol. The minimum absolute atomic E-state index is 0.0465. The van der Waals surface area contributed by atoms with Crippen molar-refractivity contribution < 1.29 is 22.7 Å². The standard InChI is InChI=1S/C21H18N2O5S2/c1-3-8-23-16-12-17-18(28-10-9-27-17)13-19(16)29-21(23)22-20(24)14-6-5-7-15(11-14)30(25,26)4-2/h1,5-7,11-13H,4,8-10H2,2H3. The molecule has 2 heterocycles. The molecule has 0 atom stereocenters. The molecule has 0 aliphatic carbocycles. The summed E-state index contributed by atoms with van der Waals surface area (Å²) in [6, 6.07) is 9.57. The van der Waals surface area contributed by atoms with Crippen LogP contribution in [0.2, 0.25) is 0 Å². The molecule has 154 valence electrons. The summed E-state index contributed by atoms with van der Waals surface area (Å²) in [5.41, 5.74) is 0.983. The van der Waals surface area contributed by atoms with Crippen molar-refractivity contribution in [3.8, 4) is 23.8 Å². The van der Waals surface area contributed by atoms with Gasteiger partial charge in [0.05, 0.1) is 27.4 Å². The van der Waals surface area contributed by atoms with E-state index in [-0.39, 0.29) is 22.8 Å². The van der Waals surface area contributed by atoms with Gasteiger partial charge in [-0.25, -0.2) is 8.42 Å². The summed E-state index contributed by atoms with van der Waals surface area (Å²) in [5, 5.41) is 0. The van der Waals surface area contributed by atoms with Crippen molar-refractivity contribution in [1.82, 2.24) is 4.57 Å². The number of amides is 1. The van der Waals surface area contributed by atoms with Gasteiger partial charge in [-0.2, -0.15) is 4.99 Å². The van der Waals surface area contributed by atoms with Crippen LogP contribution >= 0.6 is 11.3 Å². The molecule has 1 aliphatic rings. The lowest BCUT2D eigenvalue weighted by molar-refractivity contribution is 0.0997. The van der Waals surface area contributed by atoms with Crippen molar-refractivity contribution in [2.75, 3.05) is 19.0 Å². The quantitative estimate of drug-likeness (QED) is 0.580. The van der Waals surface area contributed by atoms with Crippen LogP contribution in [0.15, 0.2) is 46.3 Å². The maximum absolute atomic E-state index is 12.8. The maximum atomic E-state index is 12.8. The number of fused-ring (bicyclic) bond motifs is 2. The van der Waals surface area contributed by atoms with E-state index in [4.69, 9.17) is 15.9 Å². The second kappa shape index (κ2) is 7.97. The normalized spacial score (nSPS) is 13.9. The molecule has 9 heteroatoms. The van der Waals surface area contributed by atoms with Crippen LogP contribution in [-0.4, -0.2) is 37.9 Å². The number of sulfone groups is 1. The van der Waals surface area contributed by atoms with E-state index in [9.17, 15) is 13.2 Å². The zero-order valence-electron chi connectivity index (χ0n) is 16.1. The van der Waals surface area contributed by atoms with Gasteiger partial charge in [0, 0.05) is 17.7 Å². The number of aromatic nitrogens is 1. The van der Waals surface area contributed by atoms with Gasteiger partial charge in [-0.15, -0.1) is 6.42 Å². The van der Waals surface area contributed by atoms with Crippen LogP contribution in [0.25, 0.3) is 10.2 Å². The molecule has 30 heavy (non-hydrogen) atoms. The van der Waals surface area contributed by atoms with E-state index in [1.54, 1.807) is 17.6 Å². The first-order valence-corrected chi connectivity index (χ1v) is 11.7. The molecule has 1 amide bonds. The number of carbonyl (C=O) groups is 1. The van der Waals surface area contributed by atoms with Gasteiger partial charge in [0.15, 0.2) is 26.1 Å². The fourth-order valence-corrected chi connectivity index (χ4v) is 5.04. The molecule has 0 fully saturated rings. The largest absolute Gasteiger partial charge is 0.486 e. The van der Waals surface area contributed by atoms with Crippen molar-refractivity contribution in [2.45, 2.75) is 18.4 Å². The predicted molar refractivity (Wildman–Crippen MR) is 114 cm³/mol. The molecule has 3 aromatic rings. The van der Waals surface area contributed by atoms with Gasteiger partial charge in [0.2, 0.25) is 0 Å². The third kappa shape index (κ3) is 3.72. The third-order valence-electron chi connectivity index (χ3n) is 4.61. The molecule has 0 spiro atoms. The highest BCUT2D eigenvalue weighted by atomic mass is 32.2. The zero-order valence-corrected chi connectivity index (χ0v) is 17.8. The lowest BCUT2D eigenvalue weighted by atomic mass is 10.2. The molecule has 0 saturated heterocycles. The van der Waals surface area contributed by atoms with E-state index in [2.05, 4.69) is 10.9 Å². The number of hydrogen-bond donors (Lipinski definition) is 0. The SMILES string of the molecule is C#CCn1c(=NC(=O)c2cccc(S(=O)(=O)CC)c2)sc2cc3c(cc21)OCCO3. The Hall–Kier alpha value is -3.09. The Morgan fingerprint density at radius 2 is 1.97 bits per heavy atom.